The third-order valence-electron chi connectivity index (χ3n) is 2.85. The van der Waals surface area contributed by atoms with Gasteiger partial charge in [0, 0.05) is 23.8 Å². The predicted octanol–water partition coefficient (Wildman–Crippen LogP) is 1.47. The number of sulfone groups is 1. The number of hydrogen-bond acceptors (Lipinski definition) is 4. The van der Waals surface area contributed by atoms with Gasteiger partial charge in [0.15, 0.2) is 9.84 Å². The Labute approximate surface area is 104 Å². The lowest BCUT2D eigenvalue weighted by atomic mass is 10.2. The molecule has 6 heteroatoms. The van der Waals surface area contributed by atoms with Gasteiger partial charge < -0.3 is 4.90 Å². The molecule has 2 rings (SSSR count). The second-order valence-electron chi connectivity index (χ2n) is 4.03. The van der Waals surface area contributed by atoms with Crippen LogP contribution in [0.1, 0.15) is 6.42 Å². The van der Waals surface area contributed by atoms with Crippen LogP contribution in [-0.4, -0.2) is 38.0 Å². The average molecular weight is 305 g/mol. The van der Waals surface area contributed by atoms with E-state index in [1.54, 1.807) is 12.4 Å². The van der Waals surface area contributed by atoms with E-state index in [4.69, 9.17) is 0 Å². The van der Waals surface area contributed by atoms with Crippen molar-refractivity contribution in [3.8, 4) is 0 Å². The van der Waals surface area contributed by atoms with Crippen LogP contribution in [0, 0.1) is 0 Å². The zero-order valence-corrected chi connectivity index (χ0v) is 11.3. The van der Waals surface area contributed by atoms with Gasteiger partial charge in [-0.3, -0.25) is 4.98 Å². The van der Waals surface area contributed by atoms with Crippen LogP contribution in [0.5, 0.6) is 0 Å². The van der Waals surface area contributed by atoms with E-state index in [1.807, 2.05) is 18.0 Å². The Hall–Kier alpha value is -0.620. The van der Waals surface area contributed by atoms with E-state index >= 15 is 0 Å². The molecule has 2 heterocycles. The first kappa shape index (κ1) is 11.9. The minimum absolute atomic E-state index is 0.0705. The Morgan fingerprint density at radius 2 is 2.25 bits per heavy atom. The molecule has 1 fully saturated rings. The van der Waals surface area contributed by atoms with E-state index in [0.29, 0.717) is 12.2 Å². The van der Waals surface area contributed by atoms with Crippen molar-refractivity contribution in [3.63, 3.8) is 0 Å². The second-order valence-corrected chi connectivity index (χ2v) is 7.17. The number of pyridine rings is 1. The van der Waals surface area contributed by atoms with Gasteiger partial charge in [0.25, 0.3) is 0 Å². The highest BCUT2D eigenvalue weighted by Gasteiger charge is 2.30. The molecule has 1 aliphatic heterocycles. The number of anilines is 1. The van der Waals surface area contributed by atoms with Crippen LogP contribution in [0.4, 0.5) is 5.69 Å². The molecule has 88 valence electrons. The summed E-state index contributed by atoms with van der Waals surface area (Å²) in [4.78, 5) is 6.06. The molecule has 0 saturated carbocycles. The third-order valence-corrected chi connectivity index (χ3v) is 5.04. The topological polar surface area (TPSA) is 50.3 Å². The summed E-state index contributed by atoms with van der Waals surface area (Å²) in [6, 6.07) is 2.01. The van der Waals surface area contributed by atoms with Crippen molar-refractivity contribution in [2.75, 3.05) is 23.5 Å². The van der Waals surface area contributed by atoms with Gasteiger partial charge in [-0.2, -0.15) is 0 Å². The number of rotatable bonds is 2. The highest BCUT2D eigenvalue weighted by atomic mass is 79.9. The fourth-order valence-corrected chi connectivity index (χ4v) is 4.01. The Morgan fingerprint density at radius 3 is 2.81 bits per heavy atom. The van der Waals surface area contributed by atoms with Crippen LogP contribution in [0.25, 0.3) is 0 Å². The lowest BCUT2D eigenvalue weighted by molar-refractivity contribution is 0.601. The summed E-state index contributed by atoms with van der Waals surface area (Å²) in [5.74, 6) is 0.541. The Kier molecular flexibility index (Phi) is 3.21. The quantitative estimate of drug-likeness (QED) is 0.830. The van der Waals surface area contributed by atoms with Crippen molar-refractivity contribution in [1.29, 1.82) is 0 Å². The molecule has 0 amide bonds. The molecule has 1 aliphatic rings. The van der Waals surface area contributed by atoms with Crippen LogP contribution >= 0.6 is 15.9 Å². The first-order valence-corrected chi connectivity index (χ1v) is 7.63. The van der Waals surface area contributed by atoms with E-state index in [2.05, 4.69) is 20.9 Å². The zero-order chi connectivity index (χ0) is 11.8. The largest absolute Gasteiger partial charge is 0.369 e. The molecular weight excluding hydrogens is 292 g/mol. The molecule has 1 saturated heterocycles. The second kappa shape index (κ2) is 4.33. The first-order chi connectivity index (χ1) is 7.48. The van der Waals surface area contributed by atoms with Crippen molar-refractivity contribution in [2.24, 2.45) is 0 Å². The average Bonchev–Trinajstić information content (AvgIpc) is 2.58. The summed E-state index contributed by atoms with van der Waals surface area (Å²) in [6.07, 6.45) is 4.16. The standard InChI is InChI=1S/C10H13BrN2O2S/c1-13(9-2-3-16(14,15)7-9)10-4-8(11)5-12-6-10/h4-6,9H,2-3,7H2,1H3. The SMILES string of the molecule is CN(c1cncc(Br)c1)C1CCS(=O)(=O)C1. The van der Waals surface area contributed by atoms with Crippen LogP contribution < -0.4 is 4.90 Å². The molecule has 4 nitrogen and oxygen atoms in total. The molecule has 0 aromatic carbocycles. The minimum atomic E-state index is -2.83. The normalized spacial score (nSPS) is 23.2. The minimum Gasteiger partial charge on any atom is -0.369 e. The smallest absolute Gasteiger partial charge is 0.152 e. The molecule has 1 aromatic heterocycles. The van der Waals surface area contributed by atoms with Gasteiger partial charge in [-0.15, -0.1) is 0 Å². The van der Waals surface area contributed by atoms with E-state index in [1.165, 1.54) is 0 Å². The highest BCUT2D eigenvalue weighted by molar-refractivity contribution is 9.10. The fourth-order valence-electron chi connectivity index (χ4n) is 1.89. The van der Waals surface area contributed by atoms with Gasteiger partial charge in [-0.1, -0.05) is 0 Å². The monoisotopic (exact) mass is 304 g/mol. The van der Waals surface area contributed by atoms with Crippen molar-refractivity contribution >= 4 is 31.5 Å². The van der Waals surface area contributed by atoms with E-state index in [0.717, 1.165) is 10.2 Å². The van der Waals surface area contributed by atoms with Gasteiger partial charge in [0.1, 0.15) is 0 Å². The highest BCUT2D eigenvalue weighted by Crippen LogP contribution is 2.24. The number of aromatic nitrogens is 1. The van der Waals surface area contributed by atoms with Crippen LogP contribution in [0.3, 0.4) is 0 Å². The first-order valence-electron chi connectivity index (χ1n) is 5.02. The van der Waals surface area contributed by atoms with Gasteiger partial charge in [0.2, 0.25) is 0 Å². The molecule has 1 unspecified atom stereocenters. The molecule has 1 atom stereocenters. The van der Waals surface area contributed by atoms with Crippen LogP contribution in [0.2, 0.25) is 0 Å². The molecule has 16 heavy (non-hydrogen) atoms. The molecule has 0 spiro atoms. The molecule has 0 aliphatic carbocycles. The zero-order valence-electron chi connectivity index (χ0n) is 8.93. The van der Waals surface area contributed by atoms with Crippen molar-refractivity contribution in [1.82, 2.24) is 4.98 Å². The molecular formula is C10H13BrN2O2S. The molecule has 1 aromatic rings. The lowest BCUT2D eigenvalue weighted by Crippen LogP contribution is -2.32. The maximum atomic E-state index is 11.4. The molecule has 0 bridgehead atoms. The third kappa shape index (κ3) is 2.55. The van der Waals surface area contributed by atoms with Gasteiger partial charge in [-0.25, -0.2) is 8.42 Å². The summed E-state index contributed by atoms with van der Waals surface area (Å²) >= 11 is 3.35. The predicted molar refractivity (Wildman–Crippen MR) is 67.4 cm³/mol. The van der Waals surface area contributed by atoms with Crippen LogP contribution in [0.15, 0.2) is 22.9 Å². The lowest BCUT2D eigenvalue weighted by Gasteiger charge is -2.25. The van der Waals surface area contributed by atoms with Crippen molar-refractivity contribution in [3.05, 3.63) is 22.9 Å². The number of halogens is 1. The summed E-state index contributed by atoms with van der Waals surface area (Å²) in [5.41, 5.74) is 0.941. The fraction of sp³-hybridized carbons (Fsp3) is 0.500. The van der Waals surface area contributed by atoms with E-state index < -0.39 is 9.84 Å². The van der Waals surface area contributed by atoms with E-state index in [-0.39, 0.29) is 11.8 Å². The number of hydrogen-bond donors (Lipinski definition) is 0. The Balaban J connectivity index is 2.17. The number of nitrogens with zero attached hydrogens (tertiary/aromatic N) is 2. The summed E-state index contributed by atoms with van der Waals surface area (Å²) < 4.78 is 23.7. The van der Waals surface area contributed by atoms with E-state index in [9.17, 15) is 8.42 Å². The van der Waals surface area contributed by atoms with Crippen molar-refractivity contribution < 1.29 is 8.42 Å². The maximum Gasteiger partial charge on any atom is 0.152 e. The summed E-state index contributed by atoms with van der Waals surface area (Å²) in [5, 5.41) is 0. The van der Waals surface area contributed by atoms with Crippen molar-refractivity contribution in [2.45, 2.75) is 12.5 Å². The Morgan fingerprint density at radius 1 is 1.50 bits per heavy atom. The van der Waals surface area contributed by atoms with Crippen LogP contribution in [-0.2, 0) is 9.84 Å². The summed E-state index contributed by atoms with van der Waals surface area (Å²) in [6.45, 7) is 0. The van der Waals surface area contributed by atoms with Gasteiger partial charge >= 0.3 is 0 Å². The summed E-state index contributed by atoms with van der Waals surface area (Å²) in [7, 11) is -0.921. The molecule has 0 N–H and O–H groups in total. The Bertz CT molecular complexity index is 489. The van der Waals surface area contributed by atoms with Gasteiger partial charge in [0.05, 0.1) is 23.4 Å². The van der Waals surface area contributed by atoms with Gasteiger partial charge in [-0.05, 0) is 28.4 Å². The maximum absolute atomic E-state index is 11.4. The molecule has 0 radical (unpaired) electrons.